The summed E-state index contributed by atoms with van der Waals surface area (Å²) in [7, 11) is 0. The molecule has 0 fully saturated rings. The molecule has 0 radical (unpaired) electrons. The van der Waals surface area contributed by atoms with E-state index in [1.54, 1.807) is 12.4 Å². The van der Waals surface area contributed by atoms with Gasteiger partial charge in [0.05, 0.1) is 11.2 Å². The zero-order valence-corrected chi connectivity index (χ0v) is 10.5. The number of hydrogen-bond donors (Lipinski definition) is 2. The Bertz CT molecular complexity index is 390. The minimum absolute atomic E-state index is 0.0942. The SMILES string of the molecule is Cc1ncsc1C(=O)NCCCCCC(=O)O. The van der Waals surface area contributed by atoms with Crippen LogP contribution in [0.3, 0.4) is 0 Å². The standard InChI is InChI=1S/C11H16N2O3S/c1-8-10(17-7-13-8)11(16)12-6-4-2-3-5-9(14)15/h7H,2-6H2,1H3,(H,12,16)(H,14,15). The van der Waals surface area contributed by atoms with Gasteiger partial charge in [0.15, 0.2) is 0 Å². The summed E-state index contributed by atoms with van der Waals surface area (Å²) in [5.41, 5.74) is 2.40. The number of aromatic nitrogens is 1. The van der Waals surface area contributed by atoms with Crippen molar-refractivity contribution < 1.29 is 14.7 Å². The number of carbonyl (C=O) groups is 2. The summed E-state index contributed by atoms with van der Waals surface area (Å²) in [6.45, 7) is 2.38. The smallest absolute Gasteiger partial charge is 0.303 e. The molecule has 0 aromatic carbocycles. The molecule has 2 N–H and O–H groups in total. The van der Waals surface area contributed by atoms with E-state index < -0.39 is 5.97 Å². The van der Waals surface area contributed by atoms with E-state index in [1.807, 2.05) is 0 Å². The highest BCUT2D eigenvalue weighted by atomic mass is 32.1. The fourth-order valence-corrected chi connectivity index (χ4v) is 2.10. The minimum Gasteiger partial charge on any atom is -0.481 e. The van der Waals surface area contributed by atoms with E-state index in [1.165, 1.54) is 11.3 Å². The van der Waals surface area contributed by atoms with Gasteiger partial charge in [-0.2, -0.15) is 0 Å². The third kappa shape index (κ3) is 4.95. The lowest BCUT2D eigenvalue weighted by Crippen LogP contribution is -2.24. The molecule has 0 bridgehead atoms. The van der Waals surface area contributed by atoms with Crippen LogP contribution in [0.25, 0.3) is 0 Å². The Hall–Kier alpha value is -1.43. The summed E-state index contributed by atoms with van der Waals surface area (Å²) in [6, 6.07) is 0. The van der Waals surface area contributed by atoms with Crippen LogP contribution in [0.15, 0.2) is 5.51 Å². The van der Waals surface area contributed by atoms with Crippen molar-refractivity contribution in [1.82, 2.24) is 10.3 Å². The summed E-state index contributed by atoms with van der Waals surface area (Å²) in [6.07, 6.45) is 2.47. The van der Waals surface area contributed by atoms with Gasteiger partial charge in [-0.05, 0) is 19.8 Å². The number of rotatable bonds is 7. The zero-order chi connectivity index (χ0) is 12.7. The largest absolute Gasteiger partial charge is 0.481 e. The van der Waals surface area contributed by atoms with Crippen LogP contribution < -0.4 is 5.32 Å². The number of thiazole rings is 1. The number of amides is 1. The van der Waals surface area contributed by atoms with Gasteiger partial charge in [0, 0.05) is 13.0 Å². The molecule has 1 amide bonds. The molecule has 0 spiro atoms. The number of carboxylic acids is 1. The van der Waals surface area contributed by atoms with E-state index in [0.717, 1.165) is 18.5 Å². The van der Waals surface area contributed by atoms with Gasteiger partial charge in [-0.1, -0.05) is 6.42 Å². The molecule has 0 saturated carbocycles. The Morgan fingerprint density at radius 3 is 2.76 bits per heavy atom. The first-order valence-electron chi connectivity index (χ1n) is 5.51. The molecule has 1 heterocycles. The zero-order valence-electron chi connectivity index (χ0n) is 9.73. The van der Waals surface area contributed by atoms with Crippen LogP contribution in [0.1, 0.15) is 41.0 Å². The Balaban J connectivity index is 2.13. The highest BCUT2D eigenvalue weighted by molar-refractivity contribution is 7.11. The molecule has 0 saturated heterocycles. The quantitative estimate of drug-likeness (QED) is 0.729. The second kappa shape index (κ2) is 7.01. The fourth-order valence-electron chi connectivity index (χ4n) is 1.38. The van der Waals surface area contributed by atoms with E-state index in [0.29, 0.717) is 17.8 Å². The molecular formula is C11H16N2O3S. The number of nitrogens with zero attached hydrogens (tertiary/aromatic N) is 1. The molecule has 1 aromatic rings. The van der Waals surface area contributed by atoms with Crippen LogP contribution >= 0.6 is 11.3 Å². The number of carboxylic acid groups (broad SMARTS) is 1. The molecule has 0 unspecified atom stereocenters. The lowest BCUT2D eigenvalue weighted by molar-refractivity contribution is -0.137. The number of unbranched alkanes of at least 4 members (excludes halogenated alkanes) is 2. The Morgan fingerprint density at radius 2 is 2.18 bits per heavy atom. The van der Waals surface area contributed by atoms with Crippen molar-refractivity contribution in [3.8, 4) is 0 Å². The monoisotopic (exact) mass is 256 g/mol. The van der Waals surface area contributed by atoms with E-state index in [4.69, 9.17) is 5.11 Å². The van der Waals surface area contributed by atoms with Crippen LogP contribution in [0.2, 0.25) is 0 Å². The normalized spacial score (nSPS) is 10.2. The van der Waals surface area contributed by atoms with Gasteiger partial charge >= 0.3 is 5.97 Å². The van der Waals surface area contributed by atoms with Crippen LogP contribution in [0, 0.1) is 6.92 Å². The first kappa shape index (κ1) is 13.6. The van der Waals surface area contributed by atoms with Crippen molar-refractivity contribution in [2.45, 2.75) is 32.6 Å². The number of aryl methyl sites for hydroxylation is 1. The molecule has 6 heteroatoms. The van der Waals surface area contributed by atoms with Crippen molar-refractivity contribution in [2.24, 2.45) is 0 Å². The lowest BCUT2D eigenvalue weighted by atomic mass is 10.2. The maximum absolute atomic E-state index is 11.6. The molecule has 5 nitrogen and oxygen atoms in total. The summed E-state index contributed by atoms with van der Waals surface area (Å²) in [5, 5.41) is 11.2. The first-order valence-corrected chi connectivity index (χ1v) is 6.39. The average molecular weight is 256 g/mol. The topological polar surface area (TPSA) is 79.3 Å². The average Bonchev–Trinajstić information content (AvgIpc) is 2.69. The summed E-state index contributed by atoms with van der Waals surface area (Å²) >= 11 is 1.33. The van der Waals surface area contributed by atoms with Crippen LogP contribution in [0.5, 0.6) is 0 Å². The molecule has 0 aliphatic carbocycles. The van der Waals surface area contributed by atoms with Crippen molar-refractivity contribution in [1.29, 1.82) is 0 Å². The third-order valence-electron chi connectivity index (χ3n) is 2.30. The second-order valence-electron chi connectivity index (χ2n) is 3.73. The number of aliphatic carboxylic acids is 1. The summed E-state index contributed by atoms with van der Waals surface area (Å²) in [4.78, 5) is 26.5. The molecule has 1 aromatic heterocycles. The fraction of sp³-hybridized carbons (Fsp3) is 0.545. The molecule has 94 valence electrons. The van der Waals surface area contributed by atoms with Crippen molar-refractivity contribution in [2.75, 3.05) is 6.54 Å². The highest BCUT2D eigenvalue weighted by Gasteiger charge is 2.10. The highest BCUT2D eigenvalue weighted by Crippen LogP contribution is 2.11. The van der Waals surface area contributed by atoms with Crippen LogP contribution in [-0.4, -0.2) is 28.5 Å². The van der Waals surface area contributed by atoms with Gasteiger partial charge in [-0.25, -0.2) is 4.98 Å². The van der Waals surface area contributed by atoms with Crippen LogP contribution in [0.4, 0.5) is 0 Å². The van der Waals surface area contributed by atoms with E-state index in [9.17, 15) is 9.59 Å². The third-order valence-corrected chi connectivity index (χ3v) is 3.23. The van der Waals surface area contributed by atoms with Gasteiger partial charge in [0.1, 0.15) is 4.88 Å². The number of nitrogens with one attached hydrogen (secondary N) is 1. The summed E-state index contributed by atoms with van der Waals surface area (Å²) in [5.74, 6) is -0.863. The first-order chi connectivity index (χ1) is 8.11. The maximum Gasteiger partial charge on any atom is 0.303 e. The van der Waals surface area contributed by atoms with Gasteiger partial charge in [-0.3, -0.25) is 9.59 Å². The predicted molar refractivity (Wildman–Crippen MR) is 65.3 cm³/mol. The van der Waals surface area contributed by atoms with Gasteiger partial charge < -0.3 is 10.4 Å². The van der Waals surface area contributed by atoms with Crippen molar-refractivity contribution in [3.05, 3.63) is 16.1 Å². The molecule has 0 aliphatic rings. The lowest BCUT2D eigenvalue weighted by Gasteiger charge is -2.03. The number of hydrogen-bond acceptors (Lipinski definition) is 4. The van der Waals surface area contributed by atoms with E-state index in [2.05, 4.69) is 10.3 Å². The molecular weight excluding hydrogens is 240 g/mol. The van der Waals surface area contributed by atoms with E-state index >= 15 is 0 Å². The summed E-state index contributed by atoms with van der Waals surface area (Å²) < 4.78 is 0. The Morgan fingerprint density at radius 1 is 1.41 bits per heavy atom. The van der Waals surface area contributed by atoms with Crippen molar-refractivity contribution >= 4 is 23.2 Å². The Labute approximate surface area is 104 Å². The van der Waals surface area contributed by atoms with E-state index in [-0.39, 0.29) is 12.3 Å². The molecule has 17 heavy (non-hydrogen) atoms. The molecule has 0 aliphatic heterocycles. The van der Waals surface area contributed by atoms with Gasteiger partial charge in [0.25, 0.3) is 5.91 Å². The Kier molecular flexibility index (Phi) is 5.62. The molecule has 1 rings (SSSR count). The van der Waals surface area contributed by atoms with Gasteiger partial charge in [0.2, 0.25) is 0 Å². The minimum atomic E-state index is -0.769. The molecule has 0 atom stereocenters. The van der Waals surface area contributed by atoms with Crippen LogP contribution in [-0.2, 0) is 4.79 Å². The van der Waals surface area contributed by atoms with Gasteiger partial charge in [-0.15, -0.1) is 11.3 Å². The number of carbonyl (C=O) groups excluding carboxylic acids is 1. The maximum atomic E-state index is 11.6. The van der Waals surface area contributed by atoms with Crippen molar-refractivity contribution in [3.63, 3.8) is 0 Å². The predicted octanol–water partition coefficient (Wildman–Crippen LogP) is 1.83. The second-order valence-corrected chi connectivity index (χ2v) is 4.58.